The van der Waals surface area contributed by atoms with Crippen LogP contribution in [0.1, 0.15) is 52.4 Å². The minimum Gasteiger partial charge on any atom is -0.0622 e. The third kappa shape index (κ3) is 1.41. The first-order chi connectivity index (χ1) is 5.79. The molecule has 2 rings (SSSR count). The molecule has 2 aliphatic rings. The Morgan fingerprint density at radius 1 is 0.667 bits per heavy atom. The molecule has 0 N–H and O–H groups in total. The lowest BCUT2D eigenvalue weighted by Crippen LogP contribution is -2.34. The Morgan fingerprint density at radius 2 is 1.08 bits per heavy atom. The Labute approximate surface area is 76.7 Å². The van der Waals surface area contributed by atoms with Crippen molar-refractivity contribution in [2.24, 2.45) is 23.7 Å². The van der Waals surface area contributed by atoms with Crippen LogP contribution in [-0.2, 0) is 0 Å². The van der Waals surface area contributed by atoms with Crippen molar-refractivity contribution in [1.29, 1.82) is 0 Å². The maximum atomic E-state index is 2.48. The van der Waals surface area contributed by atoms with Crippen LogP contribution in [0.3, 0.4) is 0 Å². The number of hydrogen-bond donors (Lipinski definition) is 0. The molecule has 0 spiro atoms. The molecule has 0 bridgehead atoms. The molecular weight excluding hydrogens is 144 g/mol. The third-order valence-electron chi connectivity index (χ3n) is 4.41. The van der Waals surface area contributed by atoms with Crippen LogP contribution in [0.4, 0.5) is 0 Å². The molecule has 12 heavy (non-hydrogen) atoms. The Morgan fingerprint density at radius 3 is 1.50 bits per heavy atom. The molecular formula is C12H22. The summed E-state index contributed by atoms with van der Waals surface area (Å²) >= 11 is 0. The molecule has 0 heteroatoms. The number of fused-ring (bicyclic) bond motifs is 1. The van der Waals surface area contributed by atoms with Crippen molar-refractivity contribution in [3.8, 4) is 0 Å². The highest BCUT2D eigenvalue weighted by Crippen LogP contribution is 2.46. The van der Waals surface area contributed by atoms with Crippen LogP contribution in [0.15, 0.2) is 0 Å². The first-order valence-corrected chi connectivity index (χ1v) is 5.79. The van der Waals surface area contributed by atoms with Gasteiger partial charge in [0.05, 0.1) is 0 Å². The van der Waals surface area contributed by atoms with Gasteiger partial charge in [-0.15, -0.1) is 0 Å². The summed E-state index contributed by atoms with van der Waals surface area (Å²) in [6, 6.07) is 0. The molecule has 0 nitrogen and oxygen atoms in total. The van der Waals surface area contributed by atoms with Gasteiger partial charge in [0.15, 0.2) is 0 Å². The fraction of sp³-hybridized carbons (Fsp3) is 1.00. The molecule has 1 unspecified atom stereocenters. The standard InChI is InChI=1S/C12H22/c1-9-5-3-8-12-10(2)6-4-7-11(9)12/h9-12H,3-8H2,1-2H3/t9-,10+,11-,12?/m1/s1. The van der Waals surface area contributed by atoms with Crippen LogP contribution in [0.25, 0.3) is 0 Å². The van der Waals surface area contributed by atoms with Gasteiger partial charge >= 0.3 is 0 Å². The summed E-state index contributed by atoms with van der Waals surface area (Å²) in [6.07, 6.45) is 9.10. The van der Waals surface area contributed by atoms with Gasteiger partial charge in [0.2, 0.25) is 0 Å². The van der Waals surface area contributed by atoms with Crippen molar-refractivity contribution in [3.05, 3.63) is 0 Å². The van der Waals surface area contributed by atoms with E-state index in [0.29, 0.717) is 0 Å². The first kappa shape index (κ1) is 8.59. The molecule has 0 aromatic rings. The summed E-state index contributed by atoms with van der Waals surface area (Å²) in [6.45, 7) is 4.96. The summed E-state index contributed by atoms with van der Waals surface area (Å²) in [5.74, 6) is 4.27. The van der Waals surface area contributed by atoms with Crippen molar-refractivity contribution in [2.45, 2.75) is 52.4 Å². The Hall–Kier alpha value is 0. The Bertz CT molecular complexity index is 132. The van der Waals surface area contributed by atoms with Gasteiger partial charge in [0, 0.05) is 0 Å². The van der Waals surface area contributed by atoms with Gasteiger partial charge in [0.25, 0.3) is 0 Å². The summed E-state index contributed by atoms with van der Waals surface area (Å²) < 4.78 is 0. The van der Waals surface area contributed by atoms with E-state index in [2.05, 4.69) is 13.8 Å². The molecule has 0 aromatic carbocycles. The molecule has 4 atom stereocenters. The molecule has 0 amide bonds. The number of hydrogen-bond acceptors (Lipinski definition) is 0. The lowest BCUT2D eigenvalue weighted by Gasteiger charge is -2.43. The van der Waals surface area contributed by atoms with Gasteiger partial charge in [0.1, 0.15) is 0 Å². The van der Waals surface area contributed by atoms with E-state index in [1.807, 2.05) is 0 Å². The second-order valence-electron chi connectivity index (χ2n) is 5.14. The van der Waals surface area contributed by atoms with E-state index in [-0.39, 0.29) is 0 Å². The largest absolute Gasteiger partial charge is 0.0622 e. The van der Waals surface area contributed by atoms with E-state index in [0.717, 1.165) is 23.7 Å². The molecule has 0 saturated heterocycles. The second-order valence-corrected chi connectivity index (χ2v) is 5.14. The van der Waals surface area contributed by atoms with Crippen LogP contribution in [0, 0.1) is 23.7 Å². The molecule has 2 fully saturated rings. The van der Waals surface area contributed by atoms with Crippen LogP contribution in [0.5, 0.6) is 0 Å². The minimum atomic E-state index is 1.03. The second kappa shape index (κ2) is 3.40. The fourth-order valence-corrected chi connectivity index (χ4v) is 3.62. The van der Waals surface area contributed by atoms with Crippen molar-refractivity contribution in [1.82, 2.24) is 0 Å². The lowest BCUT2D eigenvalue weighted by molar-refractivity contribution is 0.0702. The zero-order chi connectivity index (χ0) is 8.55. The van der Waals surface area contributed by atoms with Crippen molar-refractivity contribution in [2.75, 3.05) is 0 Å². The van der Waals surface area contributed by atoms with E-state index in [1.165, 1.54) is 38.5 Å². The van der Waals surface area contributed by atoms with Gasteiger partial charge in [-0.1, -0.05) is 39.5 Å². The highest BCUT2D eigenvalue weighted by Gasteiger charge is 2.35. The SMILES string of the molecule is C[C@@H]1CCCC2[C@@H](C)CCC[C@@H]21. The quantitative estimate of drug-likeness (QED) is 0.512. The molecule has 0 aliphatic heterocycles. The van der Waals surface area contributed by atoms with Gasteiger partial charge < -0.3 is 0 Å². The van der Waals surface area contributed by atoms with Gasteiger partial charge in [-0.2, -0.15) is 0 Å². The van der Waals surface area contributed by atoms with Crippen molar-refractivity contribution < 1.29 is 0 Å². The lowest BCUT2D eigenvalue weighted by atomic mass is 9.62. The summed E-state index contributed by atoms with van der Waals surface area (Å²) in [7, 11) is 0. The van der Waals surface area contributed by atoms with Crippen LogP contribution < -0.4 is 0 Å². The van der Waals surface area contributed by atoms with E-state index < -0.39 is 0 Å². The van der Waals surface area contributed by atoms with E-state index in [4.69, 9.17) is 0 Å². The molecule has 0 aromatic heterocycles. The summed E-state index contributed by atoms with van der Waals surface area (Å²) in [5.41, 5.74) is 0. The van der Waals surface area contributed by atoms with E-state index in [1.54, 1.807) is 0 Å². The predicted molar refractivity (Wildman–Crippen MR) is 53.0 cm³/mol. The predicted octanol–water partition coefficient (Wildman–Crippen LogP) is 3.86. The smallest absolute Gasteiger partial charge is 0.0358 e. The Balaban J connectivity index is 2.05. The highest BCUT2D eigenvalue weighted by molar-refractivity contribution is 4.86. The first-order valence-electron chi connectivity index (χ1n) is 5.79. The van der Waals surface area contributed by atoms with Crippen LogP contribution in [0.2, 0.25) is 0 Å². The summed E-state index contributed by atoms with van der Waals surface area (Å²) in [5, 5.41) is 0. The van der Waals surface area contributed by atoms with E-state index in [9.17, 15) is 0 Å². The topological polar surface area (TPSA) is 0 Å². The van der Waals surface area contributed by atoms with Gasteiger partial charge in [-0.25, -0.2) is 0 Å². The number of rotatable bonds is 0. The maximum absolute atomic E-state index is 2.48. The molecule has 70 valence electrons. The average Bonchev–Trinajstić information content (AvgIpc) is 2.07. The highest BCUT2D eigenvalue weighted by atomic mass is 14.4. The van der Waals surface area contributed by atoms with Crippen molar-refractivity contribution in [3.63, 3.8) is 0 Å². The van der Waals surface area contributed by atoms with Crippen molar-refractivity contribution >= 4 is 0 Å². The third-order valence-corrected chi connectivity index (χ3v) is 4.41. The summed E-state index contributed by atoms with van der Waals surface area (Å²) in [4.78, 5) is 0. The van der Waals surface area contributed by atoms with Crippen LogP contribution >= 0.6 is 0 Å². The van der Waals surface area contributed by atoms with Gasteiger partial charge in [-0.3, -0.25) is 0 Å². The Kier molecular flexibility index (Phi) is 2.43. The zero-order valence-electron chi connectivity index (χ0n) is 8.55. The monoisotopic (exact) mass is 166 g/mol. The zero-order valence-corrected chi connectivity index (χ0v) is 8.55. The maximum Gasteiger partial charge on any atom is -0.0358 e. The average molecular weight is 166 g/mol. The normalized spacial score (nSPS) is 48.5. The molecule has 2 saturated carbocycles. The molecule has 0 radical (unpaired) electrons. The fourth-order valence-electron chi connectivity index (χ4n) is 3.62. The molecule has 2 aliphatic carbocycles. The minimum absolute atomic E-state index is 1.03. The molecule has 0 heterocycles. The van der Waals surface area contributed by atoms with Crippen LogP contribution in [-0.4, -0.2) is 0 Å². The van der Waals surface area contributed by atoms with Gasteiger partial charge in [-0.05, 0) is 36.5 Å². The van der Waals surface area contributed by atoms with E-state index >= 15 is 0 Å².